The summed E-state index contributed by atoms with van der Waals surface area (Å²) in [6.45, 7) is 19.1. The monoisotopic (exact) mass is 959 g/mol. The molecule has 0 heterocycles. The molecule has 0 bridgehead atoms. The lowest BCUT2D eigenvalue weighted by Crippen LogP contribution is -2.25. The van der Waals surface area contributed by atoms with Crippen molar-refractivity contribution in [3.05, 3.63) is 0 Å². The molecular formula is C69H130. The molecule has 0 heteroatoms. The number of hydrogen-bond donors (Lipinski definition) is 0. The summed E-state index contributed by atoms with van der Waals surface area (Å²) in [5.74, 6) is 17.3. The van der Waals surface area contributed by atoms with Gasteiger partial charge in [-0.2, -0.15) is 0 Å². The highest BCUT2D eigenvalue weighted by Gasteiger charge is 2.33. The fourth-order valence-corrected chi connectivity index (χ4v) is 17.1. The molecule has 8 aliphatic carbocycles. The largest absolute Gasteiger partial charge is 0.0654 e. The Labute approximate surface area is 437 Å². The minimum Gasteiger partial charge on any atom is -0.0654 e. The standard InChI is InChI=1S/2C18H34.C17H32.C16H30/c2*1-3-4-5-6-16-9-13-18(14-10-16)17-11-7-15(2)8-12-17;1-3-4-5-15-8-12-17(13-9-15)16-10-6-14(2)7-11-16;1-3-4-14-7-11-16(12-8-14)15-9-5-13(2)6-10-15/h2*15-18H,3-14H2,1-2H3;14-17H,3-13H2,1-2H3;13-16H,3-12H2,1-2H3. The number of hydrogen-bond acceptors (Lipinski definition) is 0. The van der Waals surface area contributed by atoms with Crippen LogP contribution in [0.25, 0.3) is 0 Å². The molecule has 0 unspecified atom stereocenters. The summed E-state index contributed by atoms with van der Waals surface area (Å²) in [7, 11) is 0. The van der Waals surface area contributed by atoms with Crippen LogP contribution < -0.4 is 0 Å². The van der Waals surface area contributed by atoms with Gasteiger partial charge < -0.3 is 0 Å². The fraction of sp³-hybridized carbons (Fsp3) is 1.00. The predicted octanol–water partition coefficient (Wildman–Crippen LogP) is 23.6. The van der Waals surface area contributed by atoms with Crippen molar-refractivity contribution < 1.29 is 0 Å². The van der Waals surface area contributed by atoms with Gasteiger partial charge in [0.15, 0.2) is 0 Å². The van der Waals surface area contributed by atoms with E-state index in [1.807, 2.05) is 0 Å². The van der Waals surface area contributed by atoms with Gasteiger partial charge in [0.2, 0.25) is 0 Å². The molecule has 0 radical (unpaired) electrons. The zero-order chi connectivity index (χ0) is 49.1. The predicted molar refractivity (Wildman–Crippen MR) is 309 cm³/mol. The second-order valence-corrected chi connectivity index (χ2v) is 28.1. The van der Waals surface area contributed by atoms with Gasteiger partial charge >= 0.3 is 0 Å². The van der Waals surface area contributed by atoms with Crippen LogP contribution in [-0.2, 0) is 0 Å². The van der Waals surface area contributed by atoms with Crippen molar-refractivity contribution in [2.75, 3.05) is 0 Å². The van der Waals surface area contributed by atoms with Crippen LogP contribution >= 0.6 is 0 Å². The molecule has 69 heavy (non-hydrogen) atoms. The Kier molecular flexibility index (Phi) is 30.6. The molecule has 0 aliphatic heterocycles. The van der Waals surface area contributed by atoms with Crippen molar-refractivity contribution in [3.63, 3.8) is 0 Å². The van der Waals surface area contributed by atoms with E-state index in [0.717, 1.165) is 94.7 Å². The second-order valence-electron chi connectivity index (χ2n) is 28.1. The van der Waals surface area contributed by atoms with Crippen LogP contribution in [0.5, 0.6) is 0 Å². The van der Waals surface area contributed by atoms with Crippen molar-refractivity contribution in [1.82, 2.24) is 0 Å². The van der Waals surface area contributed by atoms with Crippen molar-refractivity contribution in [1.29, 1.82) is 0 Å². The molecule has 0 aromatic heterocycles. The Bertz CT molecular complexity index is 1100. The summed E-state index contributed by atoms with van der Waals surface area (Å²) in [4.78, 5) is 0. The molecule has 8 saturated carbocycles. The van der Waals surface area contributed by atoms with Crippen LogP contribution in [0.3, 0.4) is 0 Å². The summed E-state index contributed by atoms with van der Waals surface area (Å²) in [6.07, 6.45) is 68.4. The molecule has 0 aromatic rings. The minimum absolute atomic E-state index is 1.02. The first-order valence-electron chi connectivity index (χ1n) is 33.7. The molecule has 0 nitrogen and oxygen atoms in total. The Morgan fingerprint density at radius 3 is 0.580 bits per heavy atom. The summed E-state index contributed by atoms with van der Waals surface area (Å²) in [5, 5.41) is 0. The molecular weight excluding hydrogens is 829 g/mol. The molecule has 0 N–H and O–H groups in total. The van der Waals surface area contributed by atoms with Gasteiger partial charge in [-0.25, -0.2) is 0 Å². The number of unbranched alkanes of at least 4 members (excludes halogenated alkanes) is 5. The van der Waals surface area contributed by atoms with Crippen LogP contribution in [0.4, 0.5) is 0 Å². The molecule has 8 rings (SSSR count). The molecule has 406 valence electrons. The Morgan fingerprint density at radius 1 is 0.188 bits per heavy atom. The van der Waals surface area contributed by atoms with Crippen LogP contribution in [0.15, 0.2) is 0 Å². The van der Waals surface area contributed by atoms with E-state index in [9.17, 15) is 0 Å². The van der Waals surface area contributed by atoms with E-state index < -0.39 is 0 Å². The maximum absolute atomic E-state index is 2.45. The van der Waals surface area contributed by atoms with Gasteiger partial charge in [0.25, 0.3) is 0 Å². The second kappa shape index (κ2) is 35.3. The lowest BCUT2D eigenvalue weighted by molar-refractivity contribution is 0.146. The SMILES string of the molecule is CCCC1CCC(C2CCC(C)CC2)CC1.CCCCC1CCC(C2CCC(C)CC2)CC1.CCCCCC1CCC(C2CCC(C)CC2)CC1.CCCCCC1CCC(C2CCC(C)CC2)CC1. The Hall–Kier alpha value is 0. The van der Waals surface area contributed by atoms with E-state index in [4.69, 9.17) is 0 Å². The van der Waals surface area contributed by atoms with E-state index in [1.54, 1.807) is 154 Å². The van der Waals surface area contributed by atoms with Crippen molar-refractivity contribution >= 4 is 0 Å². The fourth-order valence-electron chi connectivity index (χ4n) is 17.1. The average Bonchev–Trinajstić information content (AvgIpc) is 3.38. The zero-order valence-electron chi connectivity index (χ0n) is 49.1. The normalized spacial score (nSPS) is 38.8. The first-order valence-corrected chi connectivity index (χ1v) is 33.7. The Balaban J connectivity index is 0.000000172. The van der Waals surface area contributed by atoms with Gasteiger partial charge in [-0.05, 0) is 197 Å². The maximum atomic E-state index is 2.45. The average molecular weight is 960 g/mol. The van der Waals surface area contributed by atoms with Gasteiger partial charge in [-0.3, -0.25) is 0 Å². The lowest BCUT2D eigenvalue weighted by Gasteiger charge is -2.37. The van der Waals surface area contributed by atoms with E-state index in [1.165, 1.54) is 135 Å². The maximum Gasteiger partial charge on any atom is -0.0386 e. The third-order valence-electron chi connectivity index (χ3n) is 22.6. The summed E-state index contributed by atoms with van der Waals surface area (Å²) in [6, 6.07) is 0. The van der Waals surface area contributed by atoms with E-state index >= 15 is 0 Å². The minimum atomic E-state index is 1.02. The van der Waals surface area contributed by atoms with E-state index in [-0.39, 0.29) is 0 Å². The quantitative estimate of drug-likeness (QED) is 0.127. The Morgan fingerprint density at radius 2 is 0.377 bits per heavy atom. The smallest absolute Gasteiger partial charge is 0.0386 e. The molecule has 0 saturated heterocycles. The van der Waals surface area contributed by atoms with Gasteiger partial charge in [0.1, 0.15) is 0 Å². The third kappa shape index (κ3) is 23.2. The van der Waals surface area contributed by atoms with Gasteiger partial charge in [0.05, 0.1) is 0 Å². The van der Waals surface area contributed by atoms with Gasteiger partial charge in [-0.1, -0.05) is 242 Å². The van der Waals surface area contributed by atoms with Crippen LogP contribution in [-0.4, -0.2) is 0 Å². The lowest BCUT2D eigenvalue weighted by atomic mass is 9.69. The highest BCUT2D eigenvalue weighted by atomic mass is 14.4. The highest BCUT2D eigenvalue weighted by Crippen LogP contribution is 2.46. The number of rotatable bonds is 17. The summed E-state index contributed by atoms with van der Waals surface area (Å²) >= 11 is 0. The zero-order valence-corrected chi connectivity index (χ0v) is 49.1. The molecule has 8 aliphatic rings. The third-order valence-corrected chi connectivity index (χ3v) is 22.6. The van der Waals surface area contributed by atoms with E-state index in [2.05, 4.69) is 55.4 Å². The van der Waals surface area contributed by atoms with E-state index in [0.29, 0.717) is 0 Å². The van der Waals surface area contributed by atoms with Gasteiger partial charge in [0, 0.05) is 0 Å². The molecule has 8 fully saturated rings. The van der Waals surface area contributed by atoms with Crippen molar-refractivity contribution in [3.8, 4) is 0 Å². The summed E-state index contributed by atoms with van der Waals surface area (Å²) in [5.41, 5.74) is 0. The topological polar surface area (TPSA) is 0 Å². The van der Waals surface area contributed by atoms with Crippen molar-refractivity contribution in [2.45, 2.75) is 344 Å². The highest BCUT2D eigenvalue weighted by molar-refractivity contribution is 4.85. The van der Waals surface area contributed by atoms with Crippen molar-refractivity contribution in [2.24, 2.45) is 94.7 Å². The first-order chi connectivity index (χ1) is 33.7. The summed E-state index contributed by atoms with van der Waals surface area (Å²) < 4.78 is 0. The van der Waals surface area contributed by atoms with Gasteiger partial charge in [-0.15, -0.1) is 0 Å². The van der Waals surface area contributed by atoms with Crippen LogP contribution in [0, 0.1) is 94.7 Å². The molecule has 0 aromatic carbocycles. The molecule has 0 amide bonds. The molecule has 0 atom stereocenters. The first kappa shape index (κ1) is 59.9. The molecule has 0 spiro atoms. The van der Waals surface area contributed by atoms with Crippen LogP contribution in [0.1, 0.15) is 344 Å². The van der Waals surface area contributed by atoms with Crippen LogP contribution in [0.2, 0.25) is 0 Å².